The lowest BCUT2D eigenvalue weighted by molar-refractivity contribution is -0.159. The van der Waals surface area contributed by atoms with Crippen LogP contribution in [-0.2, 0) is 4.79 Å². The van der Waals surface area contributed by atoms with Crippen LogP contribution in [0.15, 0.2) is 79.1 Å². The number of hydrogen-bond acceptors (Lipinski definition) is 4. The van der Waals surface area contributed by atoms with Gasteiger partial charge in [-0.1, -0.05) is 54.6 Å². The van der Waals surface area contributed by atoms with Crippen molar-refractivity contribution in [2.24, 2.45) is 0 Å². The third-order valence-electron chi connectivity index (χ3n) is 6.37. The van der Waals surface area contributed by atoms with Crippen molar-refractivity contribution in [3.8, 4) is 11.1 Å². The third kappa shape index (κ3) is 3.39. The Hall–Kier alpha value is -3.51. The second kappa shape index (κ2) is 7.96. The fourth-order valence-corrected chi connectivity index (χ4v) is 4.86. The van der Waals surface area contributed by atoms with Gasteiger partial charge in [0, 0.05) is 30.4 Å². The lowest BCUT2D eigenvalue weighted by atomic mass is 9.73. The summed E-state index contributed by atoms with van der Waals surface area (Å²) in [5.41, 5.74) is 3.87. The van der Waals surface area contributed by atoms with Crippen molar-refractivity contribution in [1.82, 2.24) is 14.8 Å². The van der Waals surface area contributed by atoms with E-state index < -0.39 is 0 Å². The van der Waals surface area contributed by atoms with Gasteiger partial charge < -0.3 is 14.9 Å². The van der Waals surface area contributed by atoms with Gasteiger partial charge in [0.1, 0.15) is 6.54 Å². The number of aliphatic hydroxyl groups excluding tert-OH is 1. The van der Waals surface area contributed by atoms with Crippen LogP contribution in [0, 0.1) is 0 Å². The summed E-state index contributed by atoms with van der Waals surface area (Å²) in [5.74, 6) is -0.289. The molecule has 3 heterocycles. The molecule has 0 spiro atoms. The molecule has 0 aliphatic carbocycles. The molecule has 0 unspecified atom stereocenters. The van der Waals surface area contributed by atoms with Crippen molar-refractivity contribution in [3.63, 3.8) is 0 Å². The molecule has 31 heavy (non-hydrogen) atoms. The van der Waals surface area contributed by atoms with Gasteiger partial charge in [-0.15, -0.1) is 0 Å². The van der Waals surface area contributed by atoms with Crippen LogP contribution in [0.3, 0.4) is 0 Å². The molecule has 2 aliphatic rings. The number of carbonyl (C=O) groups excluding carboxylic acids is 2. The van der Waals surface area contributed by atoms with Crippen LogP contribution in [0.5, 0.6) is 0 Å². The maximum absolute atomic E-state index is 12.9. The first-order chi connectivity index (χ1) is 15.2. The molecule has 2 aliphatic heterocycles. The molecular formula is C25H23N3O3. The van der Waals surface area contributed by atoms with E-state index in [0.717, 1.165) is 16.7 Å². The van der Waals surface area contributed by atoms with Crippen LogP contribution in [-0.4, -0.2) is 63.5 Å². The van der Waals surface area contributed by atoms with Gasteiger partial charge in [-0.3, -0.25) is 14.6 Å². The number of fused-ring (bicyclic) bond motifs is 1. The molecule has 0 radical (unpaired) electrons. The van der Waals surface area contributed by atoms with Gasteiger partial charge in [-0.25, -0.2) is 0 Å². The van der Waals surface area contributed by atoms with Crippen LogP contribution in [0.4, 0.5) is 0 Å². The van der Waals surface area contributed by atoms with E-state index in [0.29, 0.717) is 12.1 Å². The molecule has 1 aromatic heterocycles. The predicted octanol–water partition coefficient (Wildman–Crippen LogP) is 2.56. The van der Waals surface area contributed by atoms with Gasteiger partial charge in [-0.2, -0.15) is 0 Å². The number of benzene rings is 2. The van der Waals surface area contributed by atoms with Gasteiger partial charge in [0.05, 0.1) is 18.7 Å². The molecule has 0 bridgehead atoms. The Kier molecular flexibility index (Phi) is 5.00. The van der Waals surface area contributed by atoms with Crippen LogP contribution in [0.1, 0.15) is 21.8 Å². The van der Waals surface area contributed by atoms with Crippen LogP contribution >= 0.6 is 0 Å². The van der Waals surface area contributed by atoms with Crippen molar-refractivity contribution in [2.75, 3.05) is 19.7 Å². The van der Waals surface area contributed by atoms with E-state index in [1.165, 1.54) is 0 Å². The van der Waals surface area contributed by atoms with Crippen molar-refractivity contribution < 1.29 is 14.7 Å². The molecule has 2 aromatic carbocycles. The first-order valence-corrected chi connectivity index (χ1v) is 10.4. The Morgan fingerprint density at radius 2 is 1.65 bits per heavy atom. The van der Waals surface area contributed by atoms with Crippen molar-refractivity contribution in [3.05, 3.63) is 90.3 Å². The van der Waals surface area contributed by atoms with Gasteiger partial charge in [-0.05, 0) is 28.8 Å². The summed E-state index contributed by atoms with van der Waals surface area (Å²) >= 11 is 0. The molecule has 3 atom stereocenters. The van der Waals surface area contributed by atoms with Gasteiger partial charge >= 0.3 is 0 Å². The minimum Gasteiger partial charge on any atom is -0.394 e. The standard InChI is InChI=1S/C25H23N3O3/c29-16-22-24(19-8-6-18(7-9-19)17-4-2-1-3-5-17)21-14-27(15-23(30)28(21)22)25(31)20-10-12-26-13-11-20/h1-13,21-22,24,29H,14-16H2/t21-,22+,24+/m0/s1. The number of amides is 2. The predicted molar refractivity (Wildman–Crippen MR) is 116 cm³/mol. The van der Waals surface area contributed by atoms with E-state index in [9.17, 15) is 14.7 Å². The molecular weight excluding hydrogens is 390 g/mol. The summed E-state index contributed by atoms with van der Waals surface area (Å²) in [5, 5.41) is 9.98. The van der Waals surface area contributed by atoms with Crippen LogP contribution in [0.2, 0.25) is 0 Å². The summed E-state index contributed by atoms with van der Waals surface area (Å²) < 4.78 is 0. The minimum atomic E-state index is -0.252. The number of carbonyl (C=O) groups is 2. The Balaban J connectivity index is 1.39. The Morgan fingerprint density at radius 1 is 0.968 bits per heavy atom. The minimum absolute atomic E-state index is 0.00758. The molecule has 6 nitrogen and oxygen atoms in total. The number of aromatic nitrogens is 1. The highest BCUT2D eigenvalue weighted by atomic mass is 16.3. The molecule has 6 heteroatoms. The number of nitrogens with zero attached hydrogens (tertiary/aromatic N) is 3. The van der Waals surface area contributed by atoms with Crippen LogP contribution < -0.4 is 0 Å². The van der Waals surface area contributed by atoms with Gasteiger partial charge in [0.15, 0.2) is 0 Å². The van der Waals surface area contributed by atoms with Gasteiger partial charge in [0.25, 0.3) is 5.91 Å². The lowest BCUT2D eigenvalue weighted by Crippen LogP contribution is -2.73. The number of pyridine rings is 1. The fraction of sp³-hybridized carbons (Fsp3) is 0.240. The molecule has 0 saturated carbocycles. The fourth-order valence-electron chi connectivity index (χ4n) is 4.86. The first kappa shape index (κ1) is 19.5. The van der Waals surface area contributed by atoms with Crippen molar-refractivity contribution >= 4 is 11.8 Å². The molecule has 1 N–H and O–H groups in total. The summed E-state index contributed by atoms with van der Waals surface area (Å²) in [4.78, 5) is 33.0. The number of aliphatic hydroxyl groups is 1. The van der Waals surface area contributed by atoms with E-state index in [1.54, 1.807) is 34.3 Å². The largest absolute Gasteiger partial charge is 0.394 e. The Bertz CT molecular complexity index is 1090. The maximum atomic E-state index is 12.9. The average Bonchev–Trinajstić information content (AvgIpc) is 2.81. The molecule has 5 rings (SSSR count). The molecule has 156 valence electrons. The SMILES string of the molecule is O=C(c1ccncc1)N1CC(=O)N2[C@H](CO)[C@H](c3ccc(-c4ccccc4)cc3)[C@@H]2C1. The number of rotatable bonds is 4. The average molecular weight is 413 g/mol. The third-order valence-corrected chi connectivity index (χ3v) is 6.37. The monoisotopic (exact) mass is 413 g/mol. The molecule has 2 fully saturated rings. The van der Waals surface area contributed by atoms with E-state index in [1.807, 2.05) is 18.2 Å². The Labute approximate surface area is 180 Å². The smallest absolute Gasteiger partial charge is 0.254 e. The molecule has 2 saturated heterocycles. The number of hydrogen-bond donors (Lipinski definition) is 1. The van der Waals surface area contributed by atoms with E-state index >= 15 is 0 Å². The number of piperazine rings is 1. The normalized spacial score (nSPS) is 22.6. The quantitative estimate of drug-likeness (QED) is 0.714. The van der Waals surface area contributed by atoms with Crippen molar-refractivity contribution in [1.29, 1.82) is 0 Å². The lowest BCUT2D eigenvalue weighted by Gasteiger charge is -2.58. The zero-order chi connectivity index (χ0) is 21.4. The summed E-state index contributed by atoms with van der Waals surface area (Å²) in [6.07, 6.45) is 3.15. The molecule has 2 amide bonds. The highest BCUT2D eigenvalue weighted by Crippen LogP contribution is 2.43. The van der Waals surface area contributed by atoms with Crippen molar-refractivity contribution in [2.45, 2.75) is 18.0 Å². The summed E-state index contributed by atoms with van der Waals surface area (Å²) in [6.45, 7) is 0.397. The summed E-state index contributed by atoms with van der Waals surface area (Å²) in [7, 11) is 0. The highest BCUT2D eigenvalue weighted by Gasteiger charge is 2.54. The van der Waals surface area contributed by atoms with Gasteiger partial charge in [0.2, 0.25) is 5.91 Å². The van der Waals surface area contributed by atoms with Crippen LogP contribution in [0.25, 0.3) is 11.1 Å². The zero-order valence-corrected chi connectivity index (χ0v) is 17.0. The summed E-state index contributed by atoms with van der Waals surface area (Å²) in [6, 6.07) is 21.4. The maximum Gasteiger partial charge on any atom is 0.254 e. The zero-order valence-electron chi connectivity index (χ0n) is 17.0. The van der Waals surface area contributed by atoms with E-state index in [4.69, 9.17) is 0 Å². The van der Waals surface area contributed by atoms with E-state index in [2.05, 4.69) is 41.4 Å². The second-order valence-corrected chi connectivity index (χ2v) is 8.05. The second-order valence-electron chi connectivity index (χ2n) is 8.05. The van der Waals surface area contributed by atoms with E-state index in [-0.39, 0.29) is 43.0 Å². The molecule has 3 aromatic rings. The topological polar surface area (TPSA) is 73.7 Å². The highest BCUT2D eigenvalue weighted by molar-refractivity contribution is 5.97. The Morgan fingerprint density at radius 3 is 2.32 bits per heavy atom. The first-order valence-electron chi connectivity index (χ1n) is 10.4.